The second-order valence-electron chi connectivity index (χ2n) is 2.37. The first-order valence-corrected chi connectivity index (χ1v) is 3.27. The third kappa shape index (κ3) is 1.37. The van der Waals surface area contributed by atoms with Crippen LogP contribution < -0.4 is 0 Å². The largest absolute Gasteiger partial charge is 0.503 e. The molecule has 0 saturated carbocycles. The van der Waals surface area contributed by atoms with Gasteiger partial charge in [-0.25, -0.2) is 0 Å². The summed E-state index contributed by atoms with van der Waals surface area (Å²) in [4.78, 5) is 2.23. The summed E-state index contributed by atoms with van der Waals surface area (Å²) in [5, 5.41) is 0. The molecular formula is C7H13NO. The highest BCUT2D eigenvalue weighted by Crippen LogP contribution is 2.17. The Morgan fingerprint density at radius 1 is 1.67 bits per heavy atom. The maximum Gasteiger partial charge on any atom is 0.102 e. The second-order valence-corrected chi connectivity index (χ2v) is 2.37. The molecule has 0 radical (unpaired) electrons. The maximum atomic E-state index is 4.89. The van der Waals surface area contributed by atoms with Crippen LogP contribution in [0.2, 0.25) is 0 Å². The highest BCUT2D eigenvalue weighted by molar-refractivity contribution is 5.00. The smallest absolute Gasteiger partial charge is 0.102 e. The van der Waals surface area contributed by atoms with Crippen LogP contribution >= 0.6 is 0 Å². The van der Waals surface area contributed by atoms with Crippen molar-refractivity contribution in [1.29, 1.82) is 0 Å². The monoisotopic (exact) mass is 127 g/mol. The van der Waals surface area contributed by atoms with Crippen LogP contribution in [0, 0.1) is 0 Å². The Bertz CT molecular complexity index is 120. The number of methoxy groups -OCH3 is 1. The highest BCUT2D eigenvalue weighted by atomic mass is 16.5. The molecule has 0 aromatic carbocycles. The molecule has 0 aliphatic carbocycles. The van der Waals surface area contributed by atoms with Gasteiger partial charge in [0.25, 0.3) is 0 Å². The van der Waals surface area contributed by atoms with E-state index in [1.165, 1.54) is 25.1 Å². The van der Waals surface area contributed by atoms with Crippen molar-refractivity contribution in [1.82, 2.24) is 4.90 Å². The summed E-state index contributed by atoms with van der Waals surface area (Å²) in [7, 11) is 3.79. The van der Waals surface area contributed by atoms with E-state index >= 15 is 0 Å². The minimum absolute atomic E-state index is 1.17. The molecule has 1 rings (SSSR count). The number of hydrogen-bond donors (Lipinski definition) is 0. The lowest BCUT2D eigenvalue weighted by Crippen LogP contribution is -2.09. The van der Waals surface area contributed by atoms with Crippen molar-refractivity contribution in [2.75, 3.05) is 20.7 Å². The number of allylic oxidation sites excluding steroid dienone is 1. The van der Waals surface area contributed by atoms with Gasteiger partial charge in [-0.15, -0.1) is 0 Å². The average molecular weight is 127 g/mol. The lowest BCUT2D eigenvalue weighted by atomic mass is 10.3. The average Bonchev–Trinajstić information content (AvgIpc) is 2.18. The molecule has 0 atom stereocenters. The van der Waals surface area contributed by atoms with E-state index in [0.29, 0.717) is 0 Å². The van der Waals surface area contributed by atoms with Crippen LogP contribution in [-0.2, 0) is 4.74 Å². The van der Waals surface area contributed by atoms with Crippen LogP contribution in [0.3, 0.4) is 0 Å². The molecule has 0 amide bonds. The standard InChI is InChI=1S/C7H13NO/c1-8-5-3-4-7(8)6-9-2/h6H,3-5H2,1-2H3/b7-6+. The van der Waals surface area contributed by atoms with E-state index in [4.69, 9.17) is 4.74 Å². The number of rotatable bonds is 1. The van der Waals surface area contributed by atoms with Gasteiger partial charge in [0, 0.05) is 19.3 Å². The van der Waals surface area contributed by atoms with E-state index in [9.17, 15) is 0 Å². The molecule has 1 aliphatic rings. The van der Waals surface area contributed by atoms with Gasteiger partial charge in [0.2, 0.25) is 0 Å². The van der Waals surface area contributed by atoms with Crippen molar-refractivity contribution < 1.29 is 4.74 Å². The van der Waals surface area contributed by atoms with Gasteiger partial charge < -0.3 is 9.64 Å². The molecule has 0 aromatic rings. The van der Waals surface area contributed by atoms with E-state index in [1.54, 1.807) is 7.11 Å². The zero-order valence-corrected chi connectivity index (χ0v) is 6.05. The van der Waals surface area contributed by atoms with E-state index < -0.39 is 0 Å². The van der Waals surface area contributed by atoms with E-state index in [1.807, 2.05) is 6.26 Å². The summed E-state index contributed by atoms with van der Waals surface area (Å²) in [5.74, 6) is 0. The fourth-order valence-electron chi connectivity index (χ4n) is 1.12. The molecule has 2 heteroatoms. The number of hydrogen-bond acceptors (Lipinski definition) is 2. The zero-order chi connectivity index (χ0) is 6.69. The quantitative estimate of drug-likeness (QED) is 0.491. The van der Waals surface area contributed by atoms with Crippen molar-refractivity contribution in [2.45, 2.75) is 12.8 Å². The van der Waals surface area contributed by atoms with Crippen LogP contribution in [0.1, 0.15) is 12.8 Å². The van der Waals surface area contributed by atoms with Crippen molar-refractivity contribution in [3.05, 3.63) is 12.0 Å². The van der Waals surface area contributed by atoms with Crippen LogP contribution in [0.15, 0.2) is 12.0 Å². The molecule has 0 spiro atoms. The Morgan fingerprint density at radius 3 is 2.89 bits per heavy atom. The summed E-state index contributed by atoms with van der Waals surface area (Å²) in [6.45, 7) is 1.18. The van der Waals surface area contributed by atoms with Crippen LogP contribution in [0.5, 0.6) is 0 Å². The maximum absolute atomic E-state index is 4.89. The number of likely N-dealkylation sites (tertiary alicyclic amines) is 1. The minimum atomic E-state index is 1.17. The lowest BCUT2D eigenvalue weighted by molar-refractivity contribution is 0.319. The SMILES string of the molecule is CO/C=C1\CCCN1C. The Balaban J connectivity index is 2.48. The van der Waals surface area contributed by atoms with Gasteiger partial charge in [-0.2, -0.15) is 0 Å². The topological polar surface area (TPSA) is 12.5 Å². The predicted octanol–water partition coefficient (Wildman–Crippen LogP) is 1.20. The third-order valence-electron chi connectivity index (χ3n) is 1.67. The van der Waals surface area contributed by atoms with Crippen molar-refractivity contribution in [2.24, 2.45) is 0 Å². The van der Waals surface area contributed by atoms with E-state index in [0.717, 1.165) is 0 Å². The van der Waals surface area contributed by atoms with Gasteiger partial charge in [-0.3, -0.25) is 0 Å². The molecule has 2 nitrogen and oxygen atoms in total. The van der Waals surface area contributed by atoms with Gasteiger partial charge in [-0.05, 0) is 12.8 Å². The number of nitrogens with zero attached hydrogens (tertiary/aromatic N) is 1. The summed E-state index contributed by atoms with van der Waals surface area (Å²) < 4.78 is 4.89. The Hall–Kier alpha value is -0.660. The van der Waals surface area contributed by atoms with E-state index in [2.05, 4.69) is 11.9 Å². The molecule has 52 valence electrons. The zero-order valence-electron chi connectivity index (χ0n) is 6.05. The van der Waals surface area contributed by atoms with Gasteiger partial charge in [0.05, 0.1) is 7.11 Å². The van der Waals surface area contributed by atoms with Crippen LogP contribution in [-0.4, -0.2) is 25.6 Å². The van der Waals surface area contributed by atoms with Gasteiger partial charge in [0.1, 0.15) is 6.26 Å². The van der Waals surface area contributed by atoms with Gasteiger partial charge in [-0.1, -0.05) is 0 Å². The molecule has 9 heavy (non-hydrogen) atoms. The Morgan fingerprint density at radius 2 is 2.44 bits per heavy atom. The Labute approximate surface area is 56.1 Å². The summed E-state index contributed by atoms with van der Waals surface area (Å²) in [6.07, 6.45) is 4.27. The molecule has 1 saturated heterocycles. The highest BCUT2D eigenvalue weighted by Gasteiger charge is 2.11. The predicted molar refractivity (Wildman–Crippen MR) is 37.0 cm³/mol. The second kappa shape index (κ2) is 2.76. The summed E-state index contributed by atoms with van der Waals surface area (Å²) in [5.41, 5.74) is 1.32. The molecule has 1 fully saturated rings. The summed E-state index contributed by atoms with van der Waals surface area (Å²) in [6, 6.07) is 0. The fourth-order valence-corrected chi connectivity index (χ4v) is 1.12. The Kier molecular flexibility index (Phi) is 1.98. The fraction of sp³-hybridized carbons (Fsp3) is 0.714. The minimum Gasteiger partial charge on any atom is -0.503 e. The van der Waals surface area contributed by atoms with Gasteiger partial charge in [0.15, 0.2) is 0 Å². The van der Waals surface area contributed by atoms with Gasteiger partial charge >= 0.3 is 0 Å². The molecular weight excluding hydrogens is 114 g/mol. The third-order valence-corrected chi connectivity index (χ3v) is 1.67. The van der Waals surface area contributed by atoms with Crippen molar-refractivity contribution >= 4 is 0 Å². The molecule has 1 heterocycles. The lowest BCUT2D eigenvalue weighted by Gasteiger charge is -2.10. The van der Waals surface area contributed by atoms with Crippen LogP contribution in [0.25, 0.3) is 0 Å². The molecule has 0 N–H and O–H groups in total. The van der Waals surface area contributed by atoms with Crippen molar-refractivity contribution in [3.63, 3.8) is 0 Å². The first-order chi connectivity index (χ1) is 4.34. The van der Waals surface area contributed by atoms with E-state index in [-0.39, 0.29) is 0 Å². The first kappa shape index (κ1) is 6.46. The summed E-state index contributed by atoms with van der Waals surface area (Å²) >= 11 is 0. The van der Waals surface area contributed by atoms with Crippen molar-refractivity contribution in [3.8, 4) is 0 Å². The first-order valence-electron chi connectivity index (χ1n) is 3.27. The molecule has 0 bridgehead atoms. The normalized spacial score (nSPS) is 23.3. The molecule has 0 aromatic heterocycles. The van der Waals surface area contributed by atoms with Crippen LogP contribution in [0.4, 0.5) is 0 Å². The number of ether oxygens (including phenoxy) is 1. The molecule has 0 unspecified atom stereocenters. The molecule has 1 aliphatic heterocycles.